The Kier molecular flexibility index (Phi) is 3.19. The molecule has 122 valence electrons. The second-order valence-corrected chi connectivity index (χ2v) is 6.71. The van der Waals surface area contributed by atoms with E-state index in [9.17, 15) is 5.11 Å². The second kappa shape index (κ2) is 5.54. The summed E-state index contributed by atoms with van der Waals surface area (Å²) in [5.41, 5.74) is 5.58. The molecule has 5 nitrogen and oxygen atoms in total. The Labute approximate surface area is 146 Å². The van der Waals surface area contributed by atoms with E-state index < -0.39 is 0 Å². The SMILES string of the molecule is OCc1nc(-c2ccc3nc(-c4ccc5occc5c4)cn3c2)cs1. The van der Waals surface area contributed by atoms with Crippen LogP contribution >= 0.6 is 11.3 Å². The van der Waals surface area contributed by atoms with E-state index >= 15 is 0 Å². The van der Waals surface area contributed by atoms with Crippen LogP contribution in [0.25, 0.3) is 39.1 Å². The average molecular weight is 347 g/mol. The van der Waals surface area contributed by atoms with Gasteiger partial charge in [-0.1, -0.05) is 0 Å². The summed E-state index contributed by atoms with van der Waals surface area (Å²) in [6.07, 6.45) is 5.72. The van der Waals surface area contributed by atoms with Crippen molar-refractivity contribution in [2.24, 2.45) is 0 Å². The van der Waals surface area contributed by atoms with Crippen LogP contribution in [0, 0.1) is 0 Å². The highest BCUT2D eigenvalue weighted by molar-refractivity contribution is 7.09. The van der Waals surface area contributed by atoms with Crippen LogP contribution in [0.1, 0.15) is 5.01 Å². The number of rotatable bonds is 3. The number of furan rings is 1. The van der Waals surface area contributed by atoms with Gasteiger partial charge in [0.1, 0.15) is 16.2 Å². The third-order valence-corrected chi connectivity index (χ3v) is 5.02. The molecule has 0 saturated heterocycles. The highest BCUT2D eigenvalue weighted by atomic mass is 32.1. The third-order valence-electron chi connectivity index (χ3n) is 4.18. The van der Waals surface area contributed by atoms with Crippen LogP contribution in [-0.4, -0.2) is 19.5 Å². The Morgan fingerprint density at radius 1 is 1.00 bits per heavy atom. The quantitative estimate of drug-likeness (QED) is 0.526. The Morgan fingerprint density at radius 2 is 1.92 bits per heavy atom. The maximum absolute atomic E-state index is 9.18. The minimum Gasteiger partial charge on any atom is -0.464 e. The van der Waals surface area contributed by atoms with Gasteiger partial charge in [-0.15, -0.1) is 11.3 Å². The number of nitrogens with zero attached hydrogens (tertiary/aromatic N) is 3. The summed E-state index contributed by atoms with van der Waals surface area (Å²) in [5, 5.41) is 12.9. The first-order chi connectivity index (χ1) is 12.3. The van der Waals surface area contributed by atoms with Crippen molar-refractivity contribution in [3.8, 4) is 22.5 Å². The summed E-state index contributed by atoms with van der Waals surface area (Å²) in [6, 6.07) is 12.0. The van der Waals surface area contributed by atoms with Crippen molar-refractivity contribution in [1.82, 2.24) is 14.4 Å². The van der Waals surface area contributed by atoms with Gasteiger partial charge in [0.25, 0.3) is 0 Å². The molecule has 4 aromatic heterocycles. The molecule has 0 aliphatic carbocycles. The first kappa shape index (κ1) is 14.4. The molecule has 0 atom stereocenters. The molecule has 5 rings (SSSR count). The fraction of sp³-hybridized carbons (Fsp3) is 0.0526. The van der Waals surface area contributed by atoms with E-state index in [1.54, 1.807) is 6.26 Å². The van der Waals surface area contributed by atoms with E-state index in [-0.39, 0.29) is 6.61 Å². The first-order valence-electron chi connectivity index (χ1n) is 7.82. The molecule has 0 amide bonds. The number of aliphatic hydroxyl groups excluding tert-OH is 1. The molecule has 0 aliphatic rings. The molecule has 0 spiro atoms. The molecule has 1 N–H and O–H groups in total. The Hall–Kier alpha value is -2.96. The van der Waals surface area contributed by atoms with Crippen LogP contribution in [0.4, 0.5) is 0 Å². The van der Waals surface area contributed by atoms with Gasteiger partial charge in [0.2, 0.25) is 0 Å². The molecule has 0 fully saturated rings. The van der Waals surface area contributed by atoms with Crippen molar-refractivity contribution < 1.29 is 9.52 Å². The summed E-state index contributed by atoms with van der Waals surface area (Å²) in [6.45, 7) is -0.0291. The van der Waals surface area contributed by atoms with Crippen molar-refractivity contribution >= 4 is 28.0 Å². The molecule has 0 unspecified atom stereocenters. The van der Waals surface area contributed by atoms with Crippen LogP contribution < -0.4 is 0 Å². The number of thiazole rings is 1. The molecule has 0 radical (unpaired) electrons. The molecule has 5 aromatic rings. The predicted molar refractivity (Wildman–Crippen MR) is 97.4 cm³/mol. The summed E-state index contributed by atoms with van der Waals surface area (Å²) in [5.74, 6) is 0. The van der Waals surface area contributed by atoms with Crippen LogP contribution in [0.2, 0.25) is 0 Å². The van der Waals surface area contributed by atoms with Gasteiger partial charge in [0, 0.05) is 34.3 Å². The van der Waals surface area contributed by atoms with E-state index in [1.165, 1.54) is 11.3 Å². The molecular weight excluding hydrogens is 334 g/mol. The number of pyridine rings is 1. The zero-order chi connectivity index (χ0) is 16.8. The van der Waals surface area contributed by atoms with E-state index in [2.05, 4.69) is 11.1 Å². The maximum atomic E-state index is 9.18. The summed E-state index contributed by atoms with van der Waals surface area (Å²) < 4.78 is 7.40. The van der Waals surface area contributed by atoms with Crippen molar-refractivity contribution in [3.63, 3.8) is 0 Å². The molecule has 25 heavy (non-hydrogen) atoms. The summed E-state index contributed by atoms with van der Waals surface area (Å²) in [7, 11) is 0. The molecule has 0 aliphatic heterocycles. The Bertz CT molecular complexity index is 1200. The molecular formula is C19H13N3O2S. The van der Waals surface area contributed by atoms with E-state index in [1.807, 2.05) is 52.5 Å². The number of hydrogen-bond donors (Lipinski definition) is 1. The predicted octanol–water partition coefficient (Wildman–Crippen LogP) is 4.36. The number of aromatic nitrogens is 3. The molecule has 4 heterocycles. The van der Waals surface area contributed by atoms with Crippen molar-refractivity contribution in [1.29, 1.82) is 0 Å². The van der Waals surface area contributed by atoms with Gasteiger partial charge >= 0.3 is 0 Å². The van der Waals surface area contributed by atoms with Crippen LogP contribution in [0.15, 0.2) is 64.9 Å². The fourth-order valence-electron chi connectivity index (χ4n) is 2.92. The van der Waals surface area contributed by atoms with E-state index in [4.69, 9.17) is 9.40 Å². The van der Waals surface area contributed by atoms with Gasteiger partial charge in [-0.05, 0) is 36.4 Å². The molecule has 0 saturated carbocycles. The van der Waals surface area contributed by atoms with Gasteiger partial charge in [-0.25, -0.2) is 9.97 Å². The number of aliphatic hydroxyl groups is 1. The standard InChI is InChI=1S/C19H13N3O2S/c23-10-19-21-16(11-25-19)14-2-4-18-20-15(9-22(18)8-14)12-1-3-17-13(7-12)5-6-24-17/h1-9,11,23H,10H2. The van der Waals surface area contributed by atoms with Crippen LogP contribution in [0.3, 0.4) is 0 Å². The number of imidazole rings is 1. The maximum Gasteiger partial charge on any atom is 0.137 e. The van der Waals surface area contributed by atoms with Crippen molar-refractivity contribution in [2.45, 2.75) is 6.61 Å². The minimum absolute atomic E-state index is 0.0291. The molecule has 6 heteroatoms. The number of fused-ring (bicyclic) bond motifs is 2. The third kappa shape index (κ3) is 2.43. The van der Waals surface area contributed by atoms with E-state index in [0.29, 0.717) is 0 Å². The topological polar surface area (TPSA) is 63.6 Å². The fourth-order valence-corrected chi connectivity index (χ4v) is 3.59. The van der Waals surface area contributed by atoms with Crippen LogP contribution in [-0.2, 0) is 6.61 Å². The monoisotopic (exact) mass is 347 g/mol. The zero-order valence-electron chi connectivity index (χ0n) is 13.1. The lowest BCUT2D eigenvalue weighted by atomic mass is 10.1. The van der Waals surface area contributed by atoms with Gasteiger partial charge in [0.15, 0.2) is 0 Å². The van der Waals surface area contributed by atoms with E-state index in [0.717, 1.165) is 44.1 Å². The normalized spacial score (nSPS) is 11.6. The van der Waals surface area contributed by atoms with Crippen molar-refractivity contribution in [2.75, 3.05) is 0 Å². The largest absolute Gasteiger partial charge is 0.464 e. The average Bonchev–Trinajstić information content (AvgIpc) is 3.37. The lowest BCUT2D eigenvalue weighted by Gasteiger charge is -1.98. The van der Waals surface area contributed by atoms with Crippen LogP contribution in [0.5, 0.6) is 0 Å². The second-order valence-electron chi connectivity index (χ2n) is 5.77. The van der Waals surface area contributed by atoms with Gasteiger partial charge < -0.3 is 13.9 Å². The lowest BCUT2D eigenvalue weighted by molar-refractivity contribution is 0.281. The Balaban J connectivity index is 1.58. The van der Waals surface area contributed by atoms with Crippen molar-refractivity contribution in [3.05, 3.63) is 65.4 Å². The zero-order valence-corrected chi connectivity index (χ0v) is 13.9. The highest BCUT2D eigenvalue weighted by Crippen LogP contribution is 2.27. The number of hydrogen-bond acceptors (Lipinski definition) is 5. The highest BCUT2D eigenvalue weighted by Gasteiger charge is 2.09. The summed E-state index contributed by atoms with van der Waals surface area (Å²) >= 11 is 1.46. The lowest BCUT2D eigenvalue weighted by Crippen LogP contribution is -1.86. The van der Waals surface area contributed by atoms with Gasteiger partial charge in [-0.2, -0.15) is 0 Å². The summed E-state index contributed by atoms with van der Waals surface area (Å²) in [4.78, 5) is 9.13. The molecule has 1 aromatic carbocycles. The Morgan fingerprint density at radius 3 is 2.80 bits per heavy atom. The number of benzene rings is 1. The van der Waals surface area contributed by atoms with Gasteiger partial charge in [0.05, 0.1) is 24.3 Å². The first-order valence-corrected chi connectivity index (χ1v) is 8.70. The minimum atomic E-state index is -0.0291. The molecule has 0 bridgehead atoms. The van der Waals surface area contributed by atoms with Gasteiger partial charge in [-0.3, -0.25) is 0 Å². The smallest absolute Gasteiger partial charge is 0.137 e.